The first kappa shape index (κ1) is 40.2. The first-order valence-electron chi connectivity index (χ1n) is 17.8. The van der Waals surface area contributed by atoms with Crippen molar-refractivity contribution in [2.45, 2.75) is 108 Å². The van der Waals surface area contributed by atoms with Gasteiger partial charge in [0.15, 0.2) is 16.4 Å². The van der Waals surface area contributed by atoms with Gasteiger partial charge in [0.1, 0.15) is 17.6 Å². The molecule has 2 aromatic rings. The summed E-state index contributed by atoms with van der Waals surface area (Å²) >= 11 is 0. The zero-order chi connectivity index (χ0) is 37.6. The highest BCUT2D eigenvalue weighted by Crippen LogP contribution is 2.39. The van der Waals surface area contributed by atoms with Gasteiger partial charge in [-0.1, -0.05) is 55.7 Å². The van der Waals surface area contributed by atoms with Crippen molar-refractivity contribution in [3.63, 3.8) is 0 Å². The maximum absolute atomic E-state index is 14.1. The molecule has 2 fully saturated rings. The maximum Gasteiger partial charge on any atom is 0.258 e. The lowest BCUT2D eigenvalue weighted by Crippen LogP contribution is -2.64. The number of sulfone groups is 1. The minimum atomic E-state index is -3.93. The largest absolute Gasteiger partial charge is 0.484 e. The molecule has 1 saturated carbocycles. The summed E-state index contributed by atoms with van der Waals surface area (Å²) in [7, 11) is -3.93. The molecule has 6 atom stereocenters. The van der Waals surface area contributed by atoms with E-state index in [1.54, 1.807) is 0 Å². The minimum absolute atomic E-state index is 0.0892. The number of carbonyl (C=O) groups excluding carboxylic acids is 3. The van der Waals surface area contributed by atoms with Crippen LogP contribution in [0.25, 0.3) is 0 Å². The van der Waals surface area contributed by atoms with E-state index in [0.717, 1.165) is 43.6 Å². The lowest BCUT2D eigenvalue weighted by molar-refractivity contribution is -0.133. The average Bonchev–Trinajstić information content (AvgIpc) is 3.04. The summed E-state index contributed by atoms with van der Waals surface area (Å²) < 4.78 is 43.2. The Hall–Kier alpha value is -3.55. The molecule has 0 aromatic heterocycles. The number of hydrogen-bond donors (Lipinski definition) is 4. The topological polar surface area (TPSA) is 154 Å². The van der Waals surface area contributed by atoms with Crippen molar-refractivity contribution in [3.05, 3.63) is 66.0 Å². The normalized spacial score (nSPS) is 21.8. The van der Waals surface area contributed by atoms with Gasteiger partial charge in [-0.25, -0.2) is 12.8 Å². The van der Waals surface area contributed by atoms with Crippen LogP contribution in [0.3, 0.4) is 0 Å². The van der Waals surface area contributed by atoms with Crippen LogP contribution in [0.4, 0.5) is 4.39 Å². The highest BCUT2D eigenvalue weighted by Gasteiger charge is 2.46. The van der Waals surface area contributed by atoms with Gasteiger partial charge in [-0.3, -0.25) is 19.3 Å². The monoisotopic (exact) mass is 730 g/mol. The molecule has 11 nitrogen and oxygen atoms in total. The second-order valence-corrected chi connectivity index (χ2v) is 18.3. The quantitative estimate of drug-likeness (QED) is 0.231. The van der Waals surface area contributed by atoms with E-state index in [2.05, 4.69) is 16.0 Å². The van der Waals surface area contributed by atoms with Crippen LogP contribution in [-0.4, -0.2) is 96.6 Å². The Labute approximate surface area is 302 Å². The van der Waals surface area contributed by atoms with Gasteiger partial charge in [0.25, 0.3) is 5.91 Å². The summed E-state index contributed by atoms with van der Waals surface area (Å²) in [4.78, 5) is 42.9. The summed E-state index contributed by atoms with van der Waals surface area (Å²) in [6.45, 7) is 8.62. The Kier molecular flexibility index (Phi) is 13.3. The number of nitrogens with one attached hydrogen (secondary N) is 3. The van der Waals surface area contributed by atoms with E-state index in [0.29, 0.717) is 24.8 Å². The van der Waals surface area contributed by atoms with Gasteiger partial charge in [0.2, 0.25) is 11.8 Å². The molecule has 282 valence electrons. The van der Waals surface area contributed by atoms with Crippen LogP contribution in [-0.2, 0) is 30.6 Å². The fraction of sp³-hybridized carbons (Fsp3) is 0.605. The molecule has 4 N–H and O–H groups in total. The molecule has 3 amide bonds. The summed E-state index contributed by atoms with van der Waals surface area (Å²) in [5.41, 5.74) is 0.379. The highest BCUT2D eigenvalue weighted by molar-refractivity contribution is 7.92. The van der Waals surface area contributed by atoms with Crippen LogP contribution < -0.4 is 20.7 Å². The number of aliphatic hydroxyl groups excluding tert-OH is 1. The second-order valence-electron chi connectivity index (χ2n) is 15.7. The molecule has 13 heteroatoms. The van der Waals surface area contributed by atoms with Gasteiger partial charge in [0, 0.05) is 31.0 Å². The predicted molar refractivity (Wildman–Crippen MR) is 194 cm³/mol. The number of aliphatic hydroxyl groups is 1. The van der Waals surface area contributed by atoms with Crippen molar-refractivity contribution in [1.82, 2.24) is 20.9 Å². The van der Waals surface area contributed by atoms with Crippen LogP contribution in [0.2, 0.25) is 0 Å². The lowest BCUT2D eigenvalue weighted by atomic mass is 9.72. The number of fused-ring (bicyclic) bond motifs is 1. The molecule has 1 aliphatic carbocycles. The molecule has 2 aromatic carbocycles. The zero-order valence-corrected chi connectivity index (χ0v) is 31.5. The summed E-state index contributed by atoms with van der Waals surface area (Å²) in [6, 6.07) is 11.5. The van der Waals surface area contributed by atoms with Gasteiger partial charge < -0.3 is 25.8 Å². The smallest absolute Gasteiger partial charge is 0.258 e. The second kappa shape index (κ2) is 16.9. The van der Waals surface area contributed by atoms with Crippen molar-refractivity contribution in [3.8, 4) is 5.75 Å². The zero-order valence-electron chi connectivity index (χ0n) is 30.7. The van der Waals surface area contributed by atoms with Crippen LogP contribution in [0.5, 0.6) is 5.75 Å². The Balaban J connectivity index is 1.58. The van der Waals surface area contributed by atoms with Crippen molar-refractivity contribution < 1.29 is 37.0 Å². The number of amides is 3. The number of piperidine rings is 1. The summed E-state index contributed by atoms with van der Waals surface area (Å²) in [5.74, 6) is -1.34. The van der Waals surface area contributed by atoms with Gasteiger partial charge in [-0.05, 0) is 83.4 Å². The van der Waals surface area contributed by atoms with Gasteiger partial charge in [0.05, 0.1) is 22.9 Å². The van der Waals surface area contributed by atoms with Crippen LogP contribution in [0, 0.1) is 17.7 Å². The van der Waals surface area contributed by atoms with E-state index >= 15 is 0 Å². The first-order chi connectivity index (χ1) is 23.8. The number of carbonyl (C=O) groups is 3. The summed E-state index contributed by atoms with van der Waals surface area (Å²) in [5, 5.41) is 20.4. The van der Waals surface area contributed by atoms with Gasteiger partial charge in [-0.15, -0.1) is 0 Å². The van der Waals surface area contributed by atoms with Crippen molar-refractivity contribution in [2.75, 3.05) is 26.0 Å². The molecule has 1 aliphatic heterocycles. The molecule has 0 radical (unpaired) electrons. The maximum atomic E-state index is 14.1. The molecule has 0 bridgehead atoms. The number of likely N-dealkylation sites (tertiary alicyclic amines) is 1. The molecule has 51 heavy (non-hydrogen) atoms. The molecular weight excluding hydrogens is 676 g/mol. The summed E-state index contributed by atoms with van der Waals surface area (Å²) in [6.07, 6.45) is 5.10. The number of hydrogen-bond acceptors (Lipinski definition) is 8. The van der Waals surface area contributed by atoms with Crippen LogP contribution >= 0.6 is 0 Å². The molecule has 1 heterocycles. The third kappa shape index (κ3) is 11.2. The number of rotatable bonds is 14. The number of halogens is 1. The van der Waals surface area contributed by atoms with E-state index in [4.69, 9.17) is 4.74 Å². The third-order valence-electron chi connectivity index (χ3n) is 10.2. The SMILES string of the molecule is CC(C)(C)NC(=O)C1CC2CCCCC2CN1CC(O)C(Cc1ccccc1)NC(=O)C(NC(=O)COc1cccc(F)c1)C(C)(C)S(C)(=O)=O. The molecule has 0 spiro atoms. The Morgan fingerprint density at radius 2 is 1.65 bits per heavy atom. The Bertz CT molecular complexity index is 1620. The van der Waals surface area contributed by atoms with E-state index in [-0.39, 0.29) is 24.6 Å². The predicted octanol–water partition coefficient (Wildman–Crippen LogP) is 3.40. The number of β-amino-alcohol motifs (C(OH)–C–C–N with tert-alkyl or cyclic N) is 1. The first-order valence-corrected chi connectivity index (χ1v) is 19.7. The number of benzene rings is 2. The van der Waals surface area contributed by atoms with Crippen molar-refractivity contribution >= 4 is 27.6 Å². The Morgan fingerprint density at radius 3 is 2.27 bits per heavy atom. The van der Waals surface area contributed by atoms with Crippen molar-refractivity contribution in [2.24, 2.45) is 11.8 Å². The van der Waals surface area contributed by atoms with E-state index in [1.807, 2.05) is 56.0 Å². The van der Waals surface area contributed by atoms with E-state index in [9.17, 15) is 32.3 Å². The molecule has 2 aliphatic rings. The van der Waals surface area contributed by atoms with Crippen LogP contribution in [0.15, 0.2) is 54.6 Å². The minimum Gasteiger partial charge on any atom is -0.484 e. The molecule has 4 rings (SSSR count). The van der Waals surface area contributed by atoms with Gasteiger partial charge in [-0.2, -0.15) is 0 Å². The molecule has 1 saturated heterocycles. The van der Waals surface area contributed by atoms with Gasteiger partial charge >= 0.3 is 0 Å². The number of ether oxygens (including phenoxy) is 1. The standard InChI is InChI=1S/C38H55FN4O7S/c1-37(2,3)42-35(46)31-20-26-15-10-11-16-27(26)22-43(31)23-32(44)30(19-25-13-8-7-9-14-25)40-36(47)34(38(4,5)51(6,48)49)41-33(45)24-50-29-18-12-17-28(39)21-29/h7-9,12-14,17-18,21,26-27,30-32,34,44H,10-11,15-16,19-20,22-24H2,1-6H3,(H,40,47)(H,41,45)(H,42,46). The third-order valence-corrected chi connectivity index (χ3v) is 12.3. The molecular formula is C38H55FN4O7S. The Morgan fingerprint density at radius 1 is 0.980 bits per heavy atom. The fourth-order valence-electron chi connectivity index (χ4n) is 7.09. The van der Waals surface area contributed by atoms with Crippen molar-refractivity contribution in [1.29, 1.82) is 0 Å². The van der Waals surface area contributed by atoms with E-state index in [1.165, 1.54) is 32.0 Å². The molecule has 6 unspecified atom stereocenters. The van der Waals surface area contributed by atoms with Crippen LogP contribution in [0.1, 0.15) is 72.3 Å². The lowest BCUT2D eigenvalue weighted by Gasteiger charge is -2.47. The van der Waals surface area contributed by atoms with E-state index < -0.39 is 68.6 Å². The fourth-order valence-corrected chi connectivity index (χ4v) is 7.68. The highest BCUT2D eigenvalue weighted by atomic mass is 32.2. The number of nitrogens with zero attached hydrogens (tertiary/aromatic N) is 1. The average molecular weight is 731 g/mol.